The van der Waals surface area contributed by atoms with E-state index in [0.717, 1.165) is 12.5 Å². The summed E-state index contributed by atoms with van der Waals surface area (Å²) in [5, 5.41) is 6.36. The van der Waals surface area contributed by atoms with E-state index >= 15 is 0 Å². The van der Waals surface area contributed by atoms with E-state index < -0.39 is 17.6 Å². The number of guanidine groups is 1. The second-order valence-corrected chi connectivity index (χ2v) is 6.85. The van der Waals surface area contributed by atoms with Crippen molar-refractivity contribution in [3.05, 3.63) is 48.0 Å². The summed E-state index contributed by atoms with van der Waals surface area (Å²) in [7, 11) is 0. The zero-order valence-electron chi connectivity index (χ0n) is 17.0. The van der Waals surface area contributed by atoms with Gasteiger partial charge >= 0.3 is 6.18 Å². The molecule has 0 bridgehead atoms. The van der Waals surface area contributed by atoms with Gasteiger partial charge in [-0.15, -0.1) is 0 Å². The average molecular weight is 440 g/mol. The SMILES string of the molecule is CCNC(=NCCOc1ncccc1C(F)(F)F)NC1CCN(c2ncccc2F)C1. The molecule has 3 rings (SSSR count). The first-order chi connectivity index (χ1) is 14.9. The summed E-state index contributed by atoms with van der Waals surface area (Å²) in [5.41, 5.74) is -0.920. The number of ether oxygens (including phenoxy) is 1. The number of rotatable bonds is 7. The molecular formula is C20H24F4N6O. The molecule has 168 valence electrons. The van der Waals surface area contributed by atoms with E-state index in [1.807, 2.05) is 11.8 Å². The topological polar surface area (TPSA) is 74.7 Å². The number of nitrogens with one attached hydrogen (secondary N) is 2. The second-order valence-electron chi connectivity index (χ2n) is 6.85. The maximum absolute atomic E-state index is 13.9. The number of pyridine rings is 2. The average Bonchev–Trinajstić information content (AvgIpc) is 3.19. The van der Waals surface area contributed by atoms with E-state index in [0.29, 0.717) is 31.4 Å². The summed E-state index contributed by atoms with van der Waals surface area (Å²) >= 11 is 0. The molecule has 0 spiro atoms. The Bertz CT molecular complexity index is 892. The van der Waals surface area contributed by atoms with Crippen LogP contribution in [0.25, 0.3) is 0 Å². The van der Waals surface area contributed by atoms with Crippen LogP contribution in [0, 0.1) is 5.82 Å². The first-order valence-corrected chi connectivity index (χ1v) is 9.93. The highest BCUT2D eigenvalue weighted by Crippen LogP contribution is 2.34. The summed E-state index contributed by atoms with van der Waals surface area (Å²) in [6.07, 6.45) is -0.975. The van der Waals surface area contributed by atoms with Crippen LogP contribution in [0.1, 0.15) is 18.9 Å². The lowest BCUT2D eigenvalue weighted by atomic mass is 10.2. The van der Waals surface area contributed by atoms with Gasteiger partial charge in [0.05, 0.1) is 6.54 Å². The molecule has 2 aromatic rings. The molecule has 1 aliphatic rings. The minimum Gasteiger partial charge on any atom is -0.475 e. The third kappa shape index (κ3) is 6.19. The highest BCUT2D eigenvalue weighted by atomic mass is 19.4. The van der Waals surface area contributed by atoms with Crippen LogP contribution in [0.3, 0.4) is 0 Å². The smallest absolute Gasteiger partial charge is 0.421 e. The van der Waals surface area contributed by atoms with Crippen LogP contribution in [-0.2, 0) is 6.18 Å². The van der Waals surface area contributed by atoms with Gasteiger partial charge in [0.2, 0.25) is 5.88 Å². The first-order valence-electron chi connectivity index (χ1n) is 9.93. The molecule has 0 radical (unpaired) electrons. The number of anilines is 1. The number of hydrogen-bond donors (Lipinski definition) is 2. The Hall–Kier alpha value is -3.11. The Kier molecular flexibility index (Phi) is 7.48. The van der Waals surface area contributed by atoms with Crippen LogP contribution in [-0.4, -0.2) is 54.8 Å². The Morgan fingerprint density at radius 1 is 1.26 bits per heavy atom. The zero-order chi connectivity index (χ0) is 22.3. The fraction of sp³-hybridized carbons (Fsp3) is 0.450. The number of alkyl halides is 3. The molecule has 1 saturated heterocycles. The highest BCUT2D eigenvalue weighted by Gasteiger charge is 2.35. The quantitative estimate of drug-likeness (QED) is 0.299. The van der Waals surface area contributed by atoms with E-state index in [9.17, 15) is 17.6 Å². The van der Waals surface area contributed by atoms with Gasteiger partial charge in [-0.25, -0.2) is 19.4 Å². The summed E-state index contributed by atoms with van der Waals surface area (Å²) in [4.78, 5) is 14.0. The van der Waals surface area contributed by atoms with E-state index in [-0.39, 0.29) is 25.0 Å². The fourth-order valence-electron chi connectivity index (χ4n) is 3.22. The van der Waals surface area contributed by atoms with E-state index in [1.54, 1.807) is 12.3 Å². The van der Waals surface area contributed by atoms with Gasteiger partial charge < -0.3 is 20.3 Å². The summed E-state index contributed by atoms with van der Waals surface area (Å²) < 4.78 is 58.1. The predicted octanol–water partition coefficient (Wildman–Crippen LogP) is 2.85. The molecule has 1 unspecified atom stereocenters. The summed E-state index contributed by atoms with van der Waals surface area (Å²) in [6.45, 7) is 3.78. The lowest BCUT2D eigenvalue weighted by Gasteiger charge is -2.20. The van der Waals surface area contributed by atoms with Crippen LogP contribution < -0.4 is 20.3 Å². The van der Waals surface area contributed by atoms with Crippen molar-refractivity contribution in [2.45, 2.75) is 25.6 Å². The van der Waals surface area contributed by atoms with Gasteiger partial charge in [-0.1, -0.05) is 0 Å². The molecule has 31 heavy (non-hydrogen) atoms. The molecular weight excluding hydrogens is 416 g/mol. The normalized spacial score (nSPS) is 17.0. The number of aliphatic imine (C=N–C) groups is 1. The van der Waals surface area contributed by atoms with Crippen molar-refractivity contribution in [3.8, 4) is 5.88 Å². The first kappa shape index (κ1) is 22.6. The van der Waals surface area contributed by atoms with Crippen LogP contribution in [0.5, 0.6) is 5.88 Å². The molecule has 11 heteroatoms. The Morgan fingerprint density at radius 3 is 2.77 bits per heavy atom. The van der Waals surface area contributed by atoms with Crippen LogP contribution >= 0.6 is 0 Å². The summed E-state index contributed by atoms with van der Waals surface area (Å²) in [5.74, 6) is -0.00456. The van der Waals surface area contributed by atoms with Crippen molar-refractivity contribution in [2.75, 3.05) is 37.7 Å². The van der Waals surface area contributed by atoms with Crippen LogP contribution in [0.4, 0.5) is 23.4 Å². The van der Waals surface area contributed by atoms with Crippen LogP contribution in [0.15, 0.2) is 41.7 Å². The van der Waals surface area contributed by atoms with Crippen molar-refractivity contribution in [1.82, 2.24) is 20.6 Å². The molecule has 0 amide bonds. The lowest BCUT2D eigenvalue weighted by Crippen LogP contribution is -2.45. The van der Waals surface area contributed by atoms with Crippen molar-refractivity contribution in [2.24, 2.45) is 4.99 Å². The van der Waals surface area contributed by atoms with Crippen molar-refractivity contribution >= 4 is 11.8 Å². The van der Waals surface area contributed by atoms with Crippen molar-refractivity contribution in [1.29, 1.82) is 0 Å². The molecule has 3 heterocycles. The molecule has 0 saturated carbocycles. The van der Waals surface area contributed by atoms with Gasteiger partial charge in [0.1, 0.15) is 12.2 Å². The minimum absolute atomic E-state index is 0.0211. The third-order valence-corrected chi connectivity index (χ3v) is 4.59. The highest BCUT2D eigenvalue weighted by molar-refractivity contribution is 5.80. The lowest BCUT2D eigenvalue weighted by molar-refractivity contribution is -0.139. The Balaban J connectivity index is 1.54. The molecule has 1 fully saturated rings. The maximum Gasteiger partial charge on any atom is 0.421 e. The largest absolute Gasteiger partial charge is 0.475 e. The monoisotopic (exact) mass is 440 g/mol. The molecule has 0 aliphatic carbocycles. The van der Waals surface area contributed by atoms with Gasteiger partial charge in [-0.05, 0) is 37.6 Å². The van der Waals surface area contributed by atoms with Gasteiger partial charge in [-0.2, -0.15) is 13.2 Å². The summed E-state index contributed by atoms with van der Waals surface area (Å²) in [6, 6.07) is 5.08. The van der Waals surface area contributed by atoms with Gasteiger partial charge in [-0.3, -0.25) is 0 Å². The van der Waals surface area contributed by atoms with Crippen LogP contribution in [0.2, 0.25) is 0 Å². The van der Waals surface area contributed by atoms with Gasteiger partial charge in [0.25, 0.3) is 0 Å². The molecule has 1 atom stereocenters. The van der Waals surface area contributed by atoms with Crippen molar-refractivity contribution in [3.63, 3.8) is 0 Å². The minimum atomic E-state index is -4.54. The number of hydrogen-bond acceptors (Lipinski definition) is 5. The predicted molar refractivity (Wildman–Crippen MR) is 109 cm³/mol. The molecule has 2 N–H and O–H groups in total. The third-order valence-electron chi connectivity index (χ3n) is 4.59. The van der Waals surface area contributed by atoms with Gasteiger partial charge in [0.15, 0.2) is 17.6 Å². The van der Waals surface area contributed by atoms with Crippen molar-refractivity contribution < 1.29 is 22.3 Å². The second kappa shape index (κ2) is 10.3. The fourth-order valence-corrected chi connectivity index (χ4v) is 3.22. The number of aromatic nitrogens is 2. The number of halogens is 4. The van der Waals surface area contributed by atoms with E-state index in [4.69, 9.17) is 4.74 Å². The maximum atomic E-state index is 13.9. The van der Waals surface area contributed by atoms with E-state index in [1.165, 1.54) is 18.3 Å². The zero-order valence-corrected chi connectivity index (χ0v) is 17.0. The van der Waals surface area contributed by atoms with E-state index in [2.05, 4.69) is 25.6 Å². The molecule has 0 aromatic carbocycles. The van der Waals surface area contributed by atoms with Gasteiger partial charge in [0, 0.05) is 38.1 Å². The standard InChI is InChI=1S/C20H24F4N6O/c1-2-25-19(28-10-12-31-18-15(20(22,23)24)5-3-9-27-18)29-14-7-11-30(13-14)17-16(21)6-4-8-26-17/h3-6,8-9,14H,2,7,10-13H2,1H3,(H2,25,28,29). The molecule has 7 nitrogen and oxygen atoms in total. The number of nitrogens with zero attached hydrogens (tertiary/aromatic N) is 4. The molecule has 2 aromatic heterocycles. The Morgan fingerprint density at radius 2 is 2.03 bits per heavy atom. The molecule has 1 aliphatic heterocycles. The Labute approximate surface area is 177 Å².